The van der Waals surface area contributed by atoms with Crippen LogP contribution in [0.5, 0.6) is 5.75 Å². The fourth-order valence-corrected chi connectivity index (χ4v) is 0.833. The molecule has 1 heterocycles. The standard InChI is InChI=1S/C6H4F3NO.C4H8/c7-6(8,9)4-1-5(11)3-10-2-4;1-2-4-3-1/h1-3,11H;1-4H2. The SMILES string of the molecule is C1CCC1.Oc1cncc(C(F)(F)F)c1. The first kappa shape index (κ1) is 11.8. The Kier molecular flexibility index (Phi) is 3.94. The largest absolute Gasteiger partial charge is 0.506 e. The summed E-state index contributed by atoms with van der Waals surface area (Å²) in [6, 6.07) is 0.618. The molecule has 1 aliphatic rings. The van der Waals surface area contributed by atoms with Gasteiger partial charge >= 0.3 is 6.18 Å². The van der Waals surface area contributed by atoms with Crippen LogP contribution in [0.25, 0.3) is 0 Å². The van der Waals surface area contributed by atoms with Crippen LogP contribution < -0.4 is 0 Å². The van der Waals surface area contributed by atoms with Gasteiger partial charge in [0.2, 0.25) is 0 Å². The van der Waals surface area contributed by atoms with E-state index in [-0.39, 0.29) is 0 Å². The third-order valence-corrected chi connectivity index (χ3v) is 2.05. The van der Waals surface area contributed by atoms with Crippen molar-refractivity contribution < 1.29 is 18.3 Å². The third kappa shape index (κ3) is 4.18. The summed E-state index contributed by atoms with van der Waals surface area (Å²) in [6.07, 6.45) is 3.15. The Morgan fingerprint density at radius 2 is 1.60 bits per heavy atom. The van der Waals surface area contributed by atoms with E-state index >= 15 is 0 Å². The minimum Gasteiger partial charge on any atom is -0.506 e. The molecule has 2 rings (SSSR count). The van der Waals surface area contributed by atoms with Crippen LogP contribution in [0.1, 0.15) is 31.2 Å². The molecule has 0 amide bonds. The lowest BCUT2D eigenvalue weighted by Gasteiger charge is -2.05. The van der Waals surface area contributed by atoms with Gasteiger partial charge in [-0.25, -0.2) is 0 Å². The van der Waals surface area contributed by atoms with Crippen LogP contribution in [0, 0.1) is 0 Å². The van der Waals surface area contributed by atoms with Crippen molar-refractivity contribution in [3.05, 3.63) is 24.0 Å². The molecule has 0 aliphatic heterocycles. The first-order chi connectivity index (χ1) is 7.00. The second-order valence-corrected chi connectivity index (χ2v) is 3.34. The molecule has 0 aromatic carbocycles. The van der Waals surface area contributed by atoms with Gasteiger partial charge in [0.1, 0.15) is 5.75 Å². The van der Waals surface area contributed by atoms with E-state index in [1.165, 1.54) is 25.7 Å². The lowest BCUT2D eigenvalue weighted by Crippen LogP contribution is -2.04. The number of rotatable bonds is 0. The lowest BCUT2D eigenvalue weighted by molar-refractivity contribution is -0.137. The van der Waals surface area contributed by atoms with Gasteiger partial charge in [0, 0.05) is 6.20 Å². The van der Waals surface area contributed by atoms with Crippen LogP contribution in [-0.4, -0.2) is 10.1 Å². The Morgan fingerprint density at radius 3 is 1.87 bits per heavy atom. The maximum absolute atomic E-state index is 11.8. The fourth-order valence-electron chi connectivity index (χ4n) is 0.833. The minimum atomic E-state index is -4.44. The molecule has 2 nitrogen and oxygen atoms in total. The molecule has 1 aromatic heterocycles. The molecule has 1 saturated carbocycles. The van der Waals surface area contributed by atoms with Crippen LogP contribution in [0.2, 0.25) is 0 Å². The highest BCUT2D eigenvalue weighted by molar-refractivity contribution is 5.23. The van der Waals surface area contributed by atoms with Crippen LogP contribution >= 0.6 is 0 Å². The van der Waals surface area contributed by atoms with E-state index in [4.69, 9.17) is 5.11 Å². The molecule has 0 radical (unpaired) electrons. The smallest absolute Gasteiger partial charge is 0.418 e. The minimum absolute atomic E-state index is 0.486. The van der Waals surface area contributed by atoms with Crippen LogP contribution in [0.15, 0.2) is 18.5 Å². The second-order valence-electron chi connectivity index (χ2n) is 3.34. The average molecular weight is 219 g/mol. The van der Waals surface area contributed by atoms with Gasteiger partial charge in [-0.2, -0.15) is 13.2 Å². The number of aromatic nitrogens is 1. The van der Waals surface area contributed by atoms with E-state index in [0.717, 1.165) is 6.20 Å². The van der Waals surface area contributed by atoms with Crippen LogP contribution in [-0.2, 0) is 6.18 Å². The molecule has 1 aromatic rings. The van der Waals surface area contributed by atoms with Crippen molar-refractivity contribution in [2.24, 2.45) is 0 Å². The maximum Gasteiger partial charge on any atom is 0.418 e. The fraction of sp³-hybridized carbons (Fsp3) is 0.500. The summed E-state index contributed by atoms with van der Waals surface area (Å²) in [7, 11) is 0. The quantitative estimate of drug-likeness (QED) is 0.725. The van der Waals surface area contributed by atoms with Crippen molar-refractivity contribution in [2.45, 2.75) is 31.9 Å². The molecule has 5 heteroatoms. The van der Waals surface area contributed by atoms with Crippen molar-refractivity contribution in [3.63, 3.8) is 0 Å². The topological polar surface area (TPSA) is 33.1 Å². The van der Waals surface area contributed by atoms with Crippen molar-refractivity contribution >= 4 is 0 Å². The van der Waals surface area contributed by atoms with Crippen LogP contribution in [0.3, 0.4) is 0 Å². The molecule has 84 valence electrons. The highest BCUT2D eigenvalue weighted by Gasteiger charge is 2.30. The van der Waals surface area contributed by atoms with E-state index in [1.807, 2.05) is 0 Å². The number of nitrogens with zero attached hydrogens (tertiary/aromatic N) is 1. The summed E-state index contributed by atoms with van der Waals surface area (Å²) >= 11 is 0. The van der Waals surface area contributed by atoms with Crippen molar-refractivity contribution in [3.8, 4) is 5.75 Å². The number of hydrogen-bond donors (Lipinski definition) is 1. The summed E-state index contributed by atoms with van der Waals surface area (Å²) in [5, 5.41) is 8.61. The van der Waals surface area contributed by atoms with Gasteiger partial charge in [-0.1, -0.05) is 25.7 Å². The van der Waals surface area contributed by atoms with Crippen molar-refractivity contribution in [2.75, 3.05) is 0 Å². The molecule has 0 unspecified atom stereocenters. The van der Waals surface area contributed by atoms with Gasteiger partial charge in [0.15, 0.2) is 0 Å². The average Bonchev–Trinajstić information content (AvgIpc) is 1.99. The molecular formula is C10H12F3NO. The van der Waals surface area contributed by atoms with Gasteiger partial charge in [0.25, 0.3) is 0 Å². The zero-order valence-corrected chi connectivity index (χ0v) is 8.09. The summed E-state index contributed by atoms with van der Waals surface area (Å²) in [5.74, 6) is -0.486. The summed E-state index contributed by atoms with van der Waals surface area (Å²) in [4.78, 5) is 3.18. The Bertz CT molecular complexity index is 304. The molecule has 0 spiro atoms. The predicted octanol–water partition coefficient (Wildman–Crippen LogP) is 3.37. The highest BCUT2D eigenvalue weighted by Crippen LogP contribution is 2.29. The van der Waals surface area contributed by atoms with Gasteiger partial charge in [-0.05, 0) is 6.07 Å². The first-order valence-electron chi connectivity index (χ1n) is 4.71. The molecule has 1 aliphatic carbocycles. The van der Waals surface area contributed by atoms with Gasteiger partial charge in [0.05, 0.1) is 11.8 Å². The van der Waals surface area contributed by atoms with Gasteiger partial charge < -0.3 is 5.11 Å². The predicted molar refractivity (Wildman–Crippen MR) is 49.4 cm³/mol. The Morgan fingerprint density at radius 1 is 1.07 bits per heavy atom. The second kappa shape index (κ2) is 5.00. The number of alkyl halides is 3. The molecule has 1 N–H and O–H groups in total. The van der Waals surface area contributed by atoms with E-state index < -0.39 is 17.5 Å². The summed E-state index contributed by atoms with van der Waals surface area (Å²) < 4.78 is 35.5. The van der Waals surface area contributed by atoms with E-state index in [1.54, 1.807) is 0 Å². The highest BCUT2D eigenvalue weighted by atomic mass is 19.4. The normalized spacial score (nSPS) is 14.9. The zero-order chi connectivity index (χ0) is 11.3. The number of aromatic hydroxyl groups is 1. The van der Waals surface area contributed by atoms with E-state index in [0.29, 0.717) is 12.3 Å². The number of pyridine rings is 1. The molecule has 1 fully saturated rings. The van der Waals surface area contributed by atoms with Gasteiger partial charge in [-0.15, -0.1) is 0 Å². The number of halogens is 3. The van der Waals surface area contributed by atoms with Gasteiger partial charge in [-0.3, -0.25) is 4.98 Å². The molecule has 0 atom stereocenters. The maximum atomic E-state index is 11.8. The monoisotopic (exact) mass is 219 g/mol. The zero-order valence-electron chi connectivity index (χ0n) is 8.09. The van der Waals surface area contributed by atoms with Crippen molar-refractivity contribution in [1.29, 1.82) is 0 Å². The Hall–Kier alpha value is -1.26. The molecule has 15 heavy (non-hydrogen) atoms. The Balaban J connectivity index is 0.000000234. The molecule has 0 saturated heterocycles. The summed E-state index contributed by atoms with van der Waals surface area (Å²) in [5.41, 5.74) is -0.947. The van der Waals surface area contributed by atoms with Crippen molar-refractivity contribution in [1.82, 2.24) is 4.98 Å². The third-order valence-electron chi connectivity index (χ3n) is 2.05. The van der Waals surface area contributed by atoms with E-state index in [9.17, 15) is 13.2 Å². The lowest BCUT2D eigenvalue weighted by atomic mass is 10.0. The van der Waals surface area contributed by atoms with E-state index in [2.05, 4.69) is 4.98 Å². The first-order valence-corrected chi connectivity index (χ1v) is 4.71. The summed E-state index contributed by atoms with van der Waals surface area (Å²) in [6.45, 7) is 0. The molecule has 0 bridgehead atoms. The Labute approximate surface area is 85.8 Å². The number of hydrogen-bond acceptors (Lipinski definition) is 2. The van der Waals surface area contributed by atoms with Crippen LogP contribution in [0.4, 0.5) is 13.2 Å². The molecular weight excluding hydrogens is 207 g/mol.